The minimum Gasteiger partial charge on any atom is -0.381 e. The summed E-state index contributed by atoms with van der Waals surface area (Å²) in [5, 5.41) is 3.75. The van der Waals surface area contributed by atoms with Crippen molar-refractivity contribution in [1.29, 1.82) is 0 Å². The minimum absolute atomic E-state index is 0.817. The summed E-state index contributed by atoms with van der Waals surface area (Å²) in [5.41, 5.74) is 0. The lowest BCUT2D eigenvalue weighted by Crippen LogP contribution is -2.33. The average molecular weight is 211 g/mol. The largest absolute Gasteiger partial charge is 0.381 e. The molecular formula is C13H25NO. The summed E-state index contributed by atoms with van der Waals surface area (Å²) in [7, 11) is 0. The number of hydrogen-bond acceptors (Lipinski definition) is 2. The fourth-order valence-corrected chi connectivity index (χ4v) is 3.08. The molecule has 0 aromatic carbocycles. The fraction of sp³-hybridized carbons (Fsp3) is 1.00. The Balaban J connectivity index is 1.60. The van der Waals surface area contributed by atoms with Crippen LogP contribution < -0.4 is 5.32 Å². The van der Waals surface area contributed by atoms with Crippen LogP contribution in [-0.2, 0) is 4.74 Å². The van der Waals surface area contributed by atoms with E-state index in [4.69, 9.17) is 4.74 Å². The summed E-state index contributed by atoms with van der Waals surface area (Å²) in [5.74, 6) is 1.78. The quantitative estimate of drug-likeness (QED) is 0.754. The molecule has 3 atom stereocenters. The third-order valence-corrected chi connectivity index (χ3v) is 4.17. The van der Waals surface area contributed by atoms with E-state index in [1.54, 1.807) is 0 Å². The van der Waals surface area contributed by atoms with Crippen LogP contribution in [0.2, 0.25) is 0 Å². The summed E-state index contributed by atoms with van der Waals surface area (Å²) in [6.07, 6.45) is 8.23. The third-order valence-electron chi connectivity index (χ3n) is 4.17. The van der Waals surface area contributed by atoms with E-state index in [9.17, 15) is 0 Å². The molecule has 0 amide bonds. The zero-order valence-corrected chi connectivity index (χ0v) is 10.0. The molecule has 1 aliphatic carbocycles. The molecule has 2 heteroatoms. The van der Waals surface area contributed by atoms with Gasteiger partial charge in [0.15, 0.2) is 0 Å². The summed E-state index contributed by atoms with van der Waals surface area (Å²) in [6, 6.07) is 0.817. The van der Waals surface area contributed by atoms with Crippen LogP contribution in [0.3, 0.4) is 0 Å². The van der Waals surface area contributed by atoms with Gasteiger partial charge in [0.25, 0.3) is 0 Å². The second kappa shape index (κ2) is 5.86. The van der Waals surface area contributed by atoms with E-state index in [0.29, 0.717) is 0 Å². The summed E-state index contributed by atoms with van der Waals surface area (Å²) >= 11 is 0. The first kappa shape index (κ1) is 11.4. The predicted molar refractivity (Wildman–Crippen MR) is 63.0 cm³/mol. The van der Waals surface area contributed by atoms with Crippen LogP contribution in [0.15, 0.2) is 0 Å². The second-order valence-electron chi connectivity index (χ2n) is 5.18. The molecule has 2 nitrogen and oxygen atoms in total. The molecule has 1 saturated carbocycles. The lowest BCUT2D eigenvalue weighted by Gasteiger charge is -2.20. The van der Waals surface area contributed by atoms with Gasteiger partial charge in [0.05, 0.1) is 0 Å². The Bertz CT molecular complexity index is 177. The highest BCUT2D eigenvalue weighted by atomic mass is 16.5. The standard InChI is InChI=1S/C13H25NO/c1-2-12-4-3-5-13(12)14-8-6-11-7-9-15-10-11/h11-14H,2-10H2,1H3. The first-order valence-electron chi connectivity index (χ1n) is 6.71. The number of rotatable bonds is 5. The molecule has 0 bridgehead atoms. The van der Waals surface area contributed by atoms with Crippen molar-refractivity contribution >= 4 is 0 Å². The van der Waals surface area contributed by atoms with Gasteiger partial charge in [-0.05, 0) is 44.1 Å². The molecule has 2 aliphatic rings. The van der Waals surface area contributed by atoms with Crippen molar-refractivity contribution in [3.05, 3.63) is 0 Å². The maximum atomic E-state index is 5.39. The molecule has 3 unspecified atom stereocenters. The molecule has 1 aliphatic heterocycles. The van der Waals surface area contributed by atoms with Crippen LogP contribution in [-0.4, -0.2) is 25.8 Å². The van der Waals surface area contributed by atoms with Gasteiger partial charge in [-0.2, -0.15) is 0 Å². The fourth-order valence-electron chi connectivity index (χ4n) is 3.08. The monoisotopic (exact) mass is 211 g/mol. The van der Waals surface area contributed by atoms with Crippen molar-refractivity contribution in [3.8, 4) is 0 Å². The van der Waals surface area contributed by atoms with E-state index in [0.717, 1.165) is 31.1 Å². The molecule has 1 saturated heterocycles. The number of ether oxygens (including phenoxy) is 1. The SMILES string of the molecule is CCC1CCCC1NCCC1CCOC1. The van der Waals surface area contributed by atoms with Crippen molar-refractivity contribution < 1.29 is 4.74 Å². The molecule has 0 radical (unpaired) electrons. The predicted octanol–water partition coefficient (Wildman–Crippen LogP) is 2.58. The van der Waals surface area contributed by atoms with E-state index >= 15 is 0 Å². The van der Waals surface area contributed by atoms with Gasteiger partial charge in [-0.1, -0.05) is 19.8 Å². The van der Waals surface area contributed by atoms with E-state index in [-0.39, 0.29) is 0 Å². The maximum Gasteiger partial charge on any atom is 0.0495 e. The molecule has 0 aromatic rings. The molecule has 15 heavy (non-hydrogen) atoms. The average Bonchev–Trinajstić information content (AvgIpc) is 2.88. The molecule has 1 heterocycles. The second-order valence-corrected chi connectivity index (χ2v) is 5.18. The van der Waals surface area contributed by atoms with Gasteiger partial charge in [-0.3, -0.25) is 0 Å². The van der Waals surface area contributed by atoms with E-state index in [1.807, 2.05) is 0 Å². The Morgan fingerprint density at radius 3 is 2.93 bits per heavy atom. The van der Waals surface area contributed by atoms with Crippen molar-refractivity contribution in [3.63, 3.8) is 0 Å². The smallest absolute Gasteiger partial charge is 0.0495 e. The first-order chi connectivity index (χ1) is 7.40. The molecule has 88 valence electrons. The van der Waals surface area contributed by atoms with Crippen LogP contribution in [0.5, 0.6) is 0 Å². The Labute approximate surface area is 93.8 Å². The zero-order valence-electron chi connectivity index (χ0n) is 10.0. The van der Waals surface area contributed by atoms with E-state index in [2.05, 4.69) is 12.2 Å². The minimum atomic E-state index is 0.817. The number of hydrogen-bond donors (Lipinski definition) is 1. The summed E-state index contributed by atoms with van der Waals surface area (Å²) in [6.45, 7) is 5.53. The topological polar surface area (TPSA) is 21.3 Å². The number of nitrogens with one attached hydrogen (secondary N) is 1. The van der Waals surface area contributed by atoms with Gasteiger partial charge in [-0.25, -0.2) is 0 Å². The van der Waals surface area contributed by atoms with Crippen LogP contribution in [0, 0.1) is 11.8 Å². The van der Waals surface area contributed by atoms with Gasteiger partial charge in [0.1, 0.15) is 0 Å². The summed E-state index contributed by atoms with van der Waals surface area (Å²) < 4.78 is 5.39. The van der Waals surface area contributed by atoms with Gasteiger partial charge >= 0.3 is 0 Å². The molecular weight excluding hydrogens is 186 g/mol. The highest BCUT2D eigenvalue weighted by Crippen LogP contribution is 2.28. The van der Waals surface area contributed by atoms with Crippen LogP contribution >= 0.6 is 0 Å². The summed E-state index contributed by atoms with van der Waals surface area (Å²) in [4.78, 5) is 0. The molecule has 0 aromatic heterocycles. The lowest BCUT2D eigenvalue weighted by molar-refractivity contribution is 0.183. The van der Waals surface area contributed by atoms with Crippen molar-refractivity contribution in [2.24, 2.45) is 11.8 Å². The van der Waals surface area contributed by atoms with Gasteiger partial charge in [0.2, 0.25) is 0 Å². The first-order valence-corrected chi connectivity index (χ1v) is 6.71. The third kappa shape index (κ3) is 3.18. The Kier molecular flexibility index (Phi) is 4.45. The van der Waals surface area contributed by atoms with E-state index in [1.165, 1.54) is 45.1 Å². The molecule has 2 fully saturated rings. The van der Waals surface area contributed by atoms with E-state index < -0.39 is 0 Å². The molecule has 0 spiro atoms. The Morgan fingerprint density at radius 2 is 2.20 bits per heavy atom. The lowest BCUT2D eigenvalue weighted by atomic mass is 10.00. The maximum absolute atomic E-state index is 5.39. The highest BCUT2D eigenvalue weighted by Gasteiger charge is 2.25. The molecule has 2 rings (SSSR count). The van der Waals surface area contributed by atoms with Gasteiger partial charge in [-0.15, -0.1) is 0 Å². The van der Waals surface area contributed by atoms with Gasteiger partial charge < -0.3 is 10.1 Å². The Morgan fingerprint density at radius 1 is 1.27 bits per heavy atom. The normalized spacial score (nSPS) is 36.2. The van der Waals surface area contributed by atoms with Crippen molar-refractivity contribution in [2.45, 2.75) is 51.5 Å². The highest BCUT2D eigenvalue weighted by molar-refractivity contribution is 4.82. The van der Waals surface area contributed by atoms with Gasteiger partial charge in [0, 0.05) is 19.3 Å². The molecule has 1 N–H and O–H groups in total. The zero-order chi connectivity index (χ0) is 10.5. The van der Waals surface area contributed by atoms with Crippen LogP contribution in [0.1, 0.15) is 45.4 Å². The van der Waals surface area contributed by atoms with Crippen molar-refractivity contribution in [2.75, 3.05) is 19.8 Å². The van der Waals surface area contributed by atoms with Crippen LogP contribution in [0.25, 0.3) is 0 Å². The van der Waals surface area contributed by atoms with Crippen molar-refractivity contribution in [1.82, 2.24) is 5.32 Å². The van der Waals surface area contributed by atoms with Crippen LogP contribution in [0.4, 0.5) is 0 Å². The Hall–Kier alpha value is -0.0800.